The number of pyridine rings is 1. The van der Waals surface area contributed by atoms with Crippen LogP contribution < -0.4 is 10.6 Å². The van der Waals surface area contributed by atoms with Crippen molar-refractivity contribution in [3.05, 3.63) is 28.7 Å². The molecule has 194 valence electrons. The van der Waals surface area contributed by atoms with Crippen molar-refractivity contribution in [3.63, 3.8) is 0 Å². The lowest BCUT2D eigenvalue weighted by atomic mass is 9.89. The van der Waals surface area contributed by atoms with Gasteiger partial charge >= 0.3 is 0 Å². The highest BCUT2D eigenvalue weighted by Gasteiger charge is 2.38. The summed E-state index contributed by atoms with van der Waals surface area (Å²) < 4.78 is 6.28. The standard InChI is InChI=1S/C28H38ClN5O2/c1-15-10-20-12-23(36-25(20)18(4)31-15)24-26(29)33-28(30-13-19-8-6-5-7-9-19)34-27(24)32-22-11-21(14-35)16(2)17(22)3/h10,12,16-17,19,21-22,35H,5-9,11,13-14H2,1-4H3,(H2,30,32,33,34). The lowest BCUT2D eigenvalue weighted by Crippen LogP contribution is -2.25. The molecule has 4 atom stereocenters. The van der Waals surface area contributed by atoms with Gasteiger partial charge in [-0.3, -0.25) is 4.98 Å². The molecule has 0 spiro atoms. The van der Waals surface area contributed by atoms with E-state index in [9.17, 15) is 5.11 Å². The summed E-state index contributed by atoms with van der Waals surface area (Å²) in [5.74, 6) is 3.55. The summed E-state index contributed by atoms with van der Waals surface area (Å²) in [7, 11) is 0. The van der Waals surface area contributed by atoms with Crippen LogP contribution in [0.2, 0.25) is 5.15 Å². The topological polar surface area (TPSA) is 96.1 Å². The number of hydrogen-bond acceptors (Lipinski definition) is 7. The van der Waals surface area contributed by atoms with E-state index in [-0.39, 0.29) is 18.6 Å². The highest BCUT2D eigenvalue weighted by atomic mass is 35.5. The van der Waals surface area contributed by atoms with E-state index in [0.29, 0.717) is 46.0 Å². The fourth-order valence-corrected chi connectivity index (χ4v) is 6.37. The molecule has 3 aromatic rings. The van der Waals surface area contributed by atoms with Gasteiger partial charge in [-0.2, -0.15) is 4.98 Å². The van der Waals surface area contributed by atoms with Crippen LogP contribution in [0.1, 0.15) is 63.8 Å². The Kier molecular flexibility index (Phi) is 7.40. The van der Waals surface area contributed by atoms with Gasteiger partial charge in [0, 0.05) is 30.3 Å². The van der Waals surface area contributed by atoms with E-state index in [2.05, 4.69) is 34.4 Å². The molecule has 7 nitrogen and oxygen atoms in total. The number of rotatable bonds is 7. The number of aliphatic hydroxyl groups excluding tert-OH is 1. The molecule has 0 bridgehead atoms. The Bertz CT molecular complexity index is 1220. The molecule has 36 heavy (non-hydrogen) atoms. The lowest BCUT2D eigenvalue weighted by molar-refractivity contribution is 0.191. The Morgan fingerprint density at radius 3 is 2.56 bits per heavy atom. The van der Waals surface area contributed by atoms with Gasteiger partial charge in [0.05, 0.1) is 11.3 Å². The van der Waals surface area contributed by atoms with Gasteiger partial charge < -0.3 is 20.2 Å². The molecule has 3 N–H and O–H groups in total. The largest absolute Gasteiger partial charge is 0.454 e. The molecule has 3 aromatic heterocycles. The van der Waals surface area contributed by atoms with E-state index >= 15 is 0 Å². The number of aliphatic hydroxyl groups is 1. The van der Waals surface area contributed by atoms with Crippen LogP contribution in [0.5, 0.6) is 0 Å². The van der Waals surface area contributed by atoms with Gasteiger partial charge in [-0.15, -0.1) is 0 Å². The molecule has 5 rings (SSSR count). The van der Waals surface area contributed by atoms with Crippen molar-refractivity contribution >= 4 is 34.3 Å². The molecule has 8 heteroatoms. The molecule has 0 aliphatic heterocycles. The summed E-state index contributed by atoms with van der Waals surface area (Å²) in [5.41, 5.74) is 3.21. The summed E-state index contributed by atoms with van der Waals surface area (Å²) in [6.45, 7) is 9.44. The van der Waals surface area contributed by atoms with E-state index < -0.39 is 0 Å². The maximum Gasteiger partial charge on any atom is 0.226 e. The smallest absolute Gasteiger partial charge is 0.226 e. The van der Waals surface area contributed by atoms with Gasteiger partial charge in [0.25, 0.3) is 0 Å². The summed E-state index contributed by atoms with van der Waals surface area (Å²) in [5, 5.41) is 18.4. The van der Waals surface area contributed by atoms with Crippen LogP contribution in [0.15, 0.2) is 16.5 Å². The second-order valence-electron chi connectivity index (χ2n) is 11.0. The van der Waals surface area contributed by atoms with Crippen LogP contribution in [-0.4, -0.2) is 39.3 Å². The summed E-state index contributed by atoms with van der Waals surface area (Å²) >= 11 is 6.85. The van der Waals surface area contributed by atoms with Gasteiger partial charge in [0.15, 0.2) is 5.58 Å². The Morgan fingerprint density at radius 2 is 1.83 bits per heavy atom. The number of furan rings is 1. The van der Waals surface area contributed by atoms with Crippen molar-refractivity contribution in [2.45, 2.75) is 72.3 Å². The molecule has 0 amide bonds. The molecule has 3 heterocycles. The van der Waals surface area contributed by atoms with Crippen LogP contribution >= 0.6 is 11.6 Å². The molecule has 2 saturated carbocycles. The van der Waals surface area contributed by atoms with Crippen molar-refractivity contribution in [1.29, 1.82) is 0 Å². The average Bonchev–Trinajstić information content (AvgIpc) is 3.39. The minimum Gasteiger partial charge on any atom is -0.454 e. The minimum absolute atomic E-state index is 0.170. The van der Waals surface area contributed by atoms with E-state index in [1.165, 1.54) is 32.1 Å². The summed E-state index contributed by atoms with van der Waals surface area (Å²) in [6.07, 6.45) is 7.30. The number of nitrogens with zero attached hydrogens (tertiary/aromatic N) is 3. The molecular formula is C28H38ClN5O2. The van der Waals surface area contributed by atoms with Crippen LogP contribution in [0.3, 0.4) is 0 Å². The van der Waals surface area contributed by atoms with Crippen molar-refractivity contribution in [2.75, 3.05) is 23.8 Å². The number of aromatic nitrogens is 3. The number of nitrogens with one attached hydrogen (secondary N) is 2. The molecule has 0 saturated heterocycles. The molecule has 4 unspecified atom stereocenters. The molecular weight excluding hydrogens is 474 g/mol. The maximum absolute atomic E-state index is 9.88. The van der Waals surface area contributed by atoms with Gasteiger partial charge in [-0.25, -0.2) is 4.98 Å². The van der Waals surface area contributed by atoms with Gasteiger partial charge in [-0.05, 0) is 68.9 Å². The van der Waals surface area contributed by atoms with E-state index in [1.54, 1.807) is 0 Å². The van der Waals surface area contributed by atoms with Crippen molar-refractivity contribution in [2.24, 2.45) is 23.7 Å². The highest BCUT2D eigenvalue weighted by molar-refractivity contribution is 6.32. The highest BCUT2D eigenvalue weighted by Crippen LogP contribution is 2.42. The Balaban J connectivity index is 1.51. The molecule has 0 radical (unpaired) electrons. The zero-order valence-corrected chi connectivity index (χ0v) is 22.5. The quantitative estimate of drug-likeness (QED) is 0.307. The first kappa shape index (κ1) is 25.3. The van der Waals surface area contributed by atoms with Crippen molar-refractivity contribution < 1.29 is 9.52 Å². The molecule has 2 aliphatic rings. The van der Waals surface area contributed by atoms with Crippen LogP contribution in [-0.2, 0) is 0 Å². The van der Waals surface area contributed by atoms with Gasteiger partial charge in [0.2, 0.25) is 5.95 Å². The number of fused-ring (bicyclic) bond motifs is 1. The number of aryl methyl sites for hydroxylation is 2. The van der Waals surface area contributed by atoms with Crippen LogP contribution in [0.4, 0.5) is 11.8 Å². The zero-order chi connectivity index (χ0) is 25.4. The zero-order valence-electron chi connectivity index (χ0n) is 21.8. The Hall–Kier alpha value is -2.38. The number of halogens is 1. The summed E-state index contributed by atoms with van der Waals surface area (Å²) in [4.78, 5) is 14.1. The minimum atomic E-state index is 0.170. The van der Waals surface area contributed by atoms with E-state index in [1.807, 2.05) is 26.0 Å². The lowest BCUT2D eigenvalue weighted by Gasteiger charge is -2.23. The predicted molar refractivity (Wildman–Crippen MR) is 146 cm³/mol. The fraction of sp³-hybridized carbons (Fsp3) is 0.607. The Morgan fingerprint density at radius 1 is 1.06 bits per heavy atom. The number of hydrogen-bond donors (Lipinski definition) is 3. The first-order valence-electron chi connectivity index (χ1n) is 13.4. The third-order valence-corrected chi connectivity index (χ3v) is 8.78. The summed E-state index contributed by atoms with van der Waals surface area (Å²) in [6, 6.07) is 4.19. The van der Waals surface area contributed by atoms with Crippen LogP contribution in [0.25, 0.3) is 22.3 Å². The van der Waals surface area contributed by atoms with Gasteiger partial charge in [-0.1, -0.05) is 44.7 Å². The van der Waals surface area contributed by atoms with Crippen molar-refractivity contribution in [3.8, 4) is 11.3 Å². The third kappa shape index (κ3) is 5.05. The van der Waals surface area contributed by atoms with E-state index in [4.69, 9.17) is 21.0 Å². The fourth-order valence-electron chi connectivity index (χ4n) is 6.11. The predicted octanol–water partition coefficient (Wildman–Crippen LogP) is 6.61. The Labute approximate surface area is 218 Å². The molecule has 0 aromatic carbocycles. The SMILES string of the molecule is Cc1cc2cc(-c3c(Cl)nc(NCC4CCCCC4)nc3NC3CC(CO)C(C)C3C)oc2c(C)n1. The molecule has 2 aliphatic carbocycles. The van der Waals surface area contributed by atoms with E-state index in [0.717, 1.165) is 35.3 Å². The van der Waals surface area contributed by atoms with Crippen molar-refractivity contribution in [1.82, 2.24) is 15.0 Å². The molecule has 2 fully saturated rings. The monoisotopic (exact) mass is 511 g/mol. The van der Waals surface area contributed by atoms with Crippen LogP contribution in [0, 0.1) is 37.5 Å². The van der Waals surface area contributed by atoms with Gasteiger partial charge in [0.1, 0.15) is 16.7 Å². The normalized spacial score (nSPS) is 24.9. The second kappa shape index (κ2) is 10.5. The first-order valence-corrected chi connectivity index (χ1v) is 13.8. The average molecular weight is 512 g/mol. The first-order chi connectivity index (χ1) is 17.3. The second-order valence-corrected chi connectivity index (χ2v) is 11.3. The third-order valence-electron chi connectivity index (χ3n) is 8.50. The number of anilines is 2. The maximum atomic E-state index is 9.88.